The van der Waals surface area contributed by atoms with E-state index < -0.39 is 12.0 Å². The number of rotatable bonds is 5. The predicted octanol–water partition coefficient (Wildman–Crippen LogP) is 0.852. The Kier molecular flexibility index (Phi) is 5.58. The highest BCUT2D eigenvalue weighted by Crippen LogP contribution is 1.95. The summed E-state index contributed by atoms with van der Waals surface area (Å²) < 4.78 is 4.61. The number of carbonyl (C=O) groups excluding carboxylic acids is 1. The zero-order chi connectivity index (χ0) is 10.3. The summed E-state index contributed by atoms with van der Waals surface area (Å²) in [5, 5.41) is 14.1. The number of hydrogen-bond acceptors (Lipinski definition) is 5. The summed E-state index contributed by atoms with van der Waals surface area (Å²) in [6, 6.07) is -0.966. The van der Waals surface area contributed by atoms with Crippen LogP contribution < -0.4 is 0 Å². The van der Waals surface area contributed by atoms with E-state index in [4.69, 9.17) is 0 Å². The van der Waals surface area contributed by atoms with E-state index in [0.717, 1.165) is 0 Å². The van der Waals surface area contributed by atoms with E-state index in [1.807, 2.05) is 0 Å². The highest BCUT2D eigenvalue weighted by atomic mass is 16.7. The van der Waals surface area contributed by atoms with Gasteiger partial charge in [0.15, 0.2) is 0 Å². The van der Waals surface area contributed by atoms with Gasteiger partial charge in [0.2, 0.25) is 5.28 Å². The summed E-state index contributed by atoms with van der Waals surface area (Å²) in [5.74, 6) is -0.610. The Morgan fingerprint density at radius 2 is 2.15 bits per heavy atom. The molecule has 76 valence electrons. The standard InChI is InChI=1S/C7H14N2O4/c1-4-12-7(10)6(3)9(11)8-13-5-2/h6H,4-5H2,1-3H3/b9-8-. The van der Waals surface area contributed by atoms with Crippen LogP contribution in [0.1, 0.15) is 20.8 Å². The van der Waals surface area contributed by atoms with Gasteiger partial charge in [-0.25, -0.2) is 4.79 Å². The molecule has 0 radical (unpaired) electrons. The van der Waals surface area contributed by atoms with Gasteiger partial charge in [-0.15, -0.1) is 0 Å². The topological polar surface area (TPSA) is 74.0 Å². The zero-order valence-corrected chi connectivity index (χ0v) is 8.02. The van der Waals surface area contributed by atoms with Crippen LogP contribution in [0.5, 0.6) is 0 Å². The maximum atomic E-state index is 11.0. The average molecular weight is 190 g/mol. The van der Waals surface area contributed by atoms with Crippen LogP contribution in [0.4, 0.5) is 0 Å². The third-order valence-corrected chi connectivity index (χ3v) is 1.23. The zero-order valence-electron chi connectivity index (χ0n) is 8.02. The first kappa shape index (κ1) is 11.7. The molecule has 0 bridgehead atoms. The molecular weight excluding hydrogens is 176 g/mol. The molecule has 0 fully saturated rings. The summed E-state index contributed by atoms with van der Waals surface area (Å²) in [4.78, 5) is 15.6. The van der Waals surface area contributed by atoms with E-state index in [0.29, 0.717) is 0 Å². The minimum Gasteiger partial charge on any atom is -0.597 e. The highest BCUT2D eigenvalue weighted by molar-refractivity contribution is 5.73. The van der Waals surface area contributed by atoms with Crippen molar-refractivity contribution in [3.8, 4) is 0 Å². The van der Waals surface area contributed by atoms with Crippen LogP contribution in [0.15, 0.2) is 5.28 Å². The van der Waals surface area contributed by atoms with Gasteiger partial charge in [0.25, 0.3) is 6.04 Å². The molecule has 0 amide bonds. The summed E-state index contributed by atoms with van der Waals surface area (Å²) in [5.41, 5.74) is 0. The Labute approximate surface area is 76.7 Å². The van der Waals surface area contributed by atoms with Crippen molar-refractivity contribution in [3.05, 3.63) is 5.21 Å². The summed E-state index contributed by atoms with van der Waals surface area (Å²) >= 11 is 0. The molecule has 0 aliphatic carbocycles. The fourth-order valence-electron chi connectivity index (χ4n) is 0.538. The monoisotopic (exact) mass is 190 g/mol. The van der Waals surface area contributed by atoms with Crippen molar-refractivity contribution >= 4 is 5.97 Å². The van der Waals surface area contributed by atoms with Crippen LogP contribution in [0.3, 0.4) is 0 Å². The molecule has 6 heteroatoms. The second-order valence-electron chi connectivity index (χ2n) is 2.23. The second kappa shape index (κ2) is 6.22. The van der Waals surface area contributed by atoms with Gasteiger partial charge in [0.1, 0.15) is 6.61 Å². The maximum absolute atomic E-state index is 11.0. The summed E-state index contributed by atoms with van der Waals surface area (Å²) in [7, 11) is 0. The normalized spacial score (nSPS) is 13.6. The van der Waals surface area contributed by atoms with Gasteiger partial charge < -0.3 is 14.8 Å². The van der Waals surface area contributed by atoms with Crippen LogP contribution in [0, 0.1) is 5.21 Å². The molecular formula is C7H14N2O4. The first-order valence-electron chi connectivity index (χ1n) is 4.09. The van der Waals surface area contributed by atoms with Crippen molar-refractivity contribution in [2.45, 2.75) is 26.8 Å². The van der Waals surface area contributed by atoms with Crippen LogP contribution in [-0.2, 0) is 14.4 Å². The lowest BCUT2D eigenvalue weighted by molar-refractivity contribution is -0.579. The lowest BCUT2D eigenvalue weighted by Crippen LogP contribution is -2.28. The van der Waals surface area contributed by atoms with Gasteiger partial charge in [-0.2, -0.15) is 0 Å². The molecule has 0 aliphatic rings. The Morgan fingerprint density at radius 1 is 1.54 bits per heavy atom. The molecule has 0 N–H and O–H groups in total. The number of ether oxygens (including phenoxy) is 1. The average Bonchev–Trinajstić information content (AvgIpc) is 2.13. The first-order valence-corrected chi connectivity index (χ1v) is 4.09. The molecule has 0 aromatic heterocycles. The SMILES string of the molecule is CCO/N=[N+](\[O-])C(C)C(=O)OCC. The van der Waals surface area contributed by atoms with Crippen LogP contribution in [-0.4, -0.2) is 30.1 Å². The van der Waals surface area contributed by atoms with E-state index in [2.05, 4.69) is 14.9 Å². The quantitative estimate of drug-likeness (QED) is 0.279. The van der Waals surface area contributed by atoms with E-state index in [1.165, 1.54) is 6.92 Å². The minimum absolute atomic E-state index is 0.182. The third-order valence-electron chi connectivity index (χ3n) is 1.23. The van der Waals surface area contributed by atoms with Crippen molar-refractivity contribution in [3.63, 3.8) is 0 Å². The first-order chi connectivity index (χ1) is 6.13. The van der Waals surface area contributed by atoms with Gasteiger partial charge in [0.05, 0.1) is 6.61 Å². The van der Waals surface area contributed by atoms with Gasteiger partial charge in [0, 0.05) is 6.92 Å². The van der Waals surface area contributed by atoms with Gasteiger partial charge in [-0.3, -0.25) is 0 Å². The lowest BCUT2D eigenvalue weighted by Gasteiger charge is -2.06. The Morgan fingerprint density at radius 3 is 2.62 bits per heavy atom. The molecule has 13 heavy (non-hydrogen) atoms. The molecule has 0 aliphatic heterocycles. The van der Waals surface area contributed by atoms with Crippen LogP contribution >= 0.6 is 0 Å². The largest absolute Gasteiger partial charge is 0.597 e. The number of carbonyl (C=O) groups is 1. The number of esters is 1. The molecule has 0 saturated carbocycles. The fourth-order valence-corrected chi connectivity index (χ4v) is 0.538. The van der Waals surface area contributed by atoms with Crippen LogP contribution in [0.2, 0.25) is 0 Å². The number of hydroxylamine groups is 1. The fraction of sp³-hybridized carbons (Fsp3) is 0.857. The lowest BCUT2D eigenvalue weighted by atomic mass is 10.4. The molecule has 0 aromatic rings. The molecule has 0 rings (SSSR count). The number of hydrogen-bond donors (Lipinski definition) is 0. The van der Waals surface area contributed by atoms with Crippen molar-refractivity contribution in [2.24, 2.45) is 5.28 Å². The Balaban J connectivity index is 4.07. The second-order valence-corrected chi connectivity index (χ2v) is 2.23. The van der Waals surface area contributed by atoms with Crippen molar-refractivity contribution in [2.75, 3.05) is 13.2 Å². The van der Waals surface area contributed by atoms with Crippen molar-refractivity contribution in [1.82, 2.24) is 0 Å². The molecule has 0 heterocycles. The molecule has 1 atom stereocenters. The predicted molar refractivity (Wildman–Crippen MR) is 43.8 cm³/mol. The molecule has 0 spiro atoms. The highest BCUT2D eigenvalue weighted by Gasteiger charge is 2.23. The van der Waals surface area contributed by atoms with E-state index >= 15 is 0 Å². The van der Waals surface area contributed by atoms with Crippen molar-refractivity contribution < 1.29 is 19.2 Å². The minimum atomic E-state index is -0.966. The van der Waals surface area contributed by atoms with Gasteiger partial charge in [-0.05, 0) is 18.7 Å². The van der Waals surface area contributed by atoms with Crippen molar-refractivity contribution in [1.29, 1.82) is 0 Å². The van der Waals surface area contributed by atoms with Gasteiger partial charge in [-0.1, -0.05) is 0 Å². The van der Waals surface area contributed by atoms with Crippen LogP contribution in [0.25, 0.3) is 0 Å². The van der Waals surface area contributed by atoms with Gasteiger partial charge >= 0.3 is 5.97 Å². The molecule has 6 nitrogen and oxygen atoms in total. The number of nitrogens with zero attached hydrogens (tertiary/aromatic N) is 2. The van der Waals surface area contributed by atoms with E-state index in [1.54, 1.807) is 13.8 Å². The summed E-state index contributed by atoms with van der Waals surface area (Å²) in [6.45, 7) is 5.28. The molecule has 0 aromatic carbocycles. The Hall–Kier alpha value is -1.33. The third kappa shape index (κ3) is 4.29. The van der Waals surface area contributed by atoms with E-state index in [-0.39, 0.29) is 18.1 Å². The maximum Gasteiger partial charge on any atom is 0.379 e. The Bertz CT molecular complexity index is 193. The molecule has 1 unspecified atom stereocenters. The summed E-state index contributed by atoms with van der Waals surface area (Å²) in [6.07, 6.45) is 0. The smallest absolute Gasteiger partial charge is 0.379 e. The van der Waals surface area contributed by atoms with E-state index in [9.17, 15) is 10.0 Å². The molecule has 0 saturated heterocycles.